The summed E-state index contributed by atoms with van der Waals surface area (Å²) >= 11 is 7.01. The first kappa shape index (κ1) is 19.9. The summed E-state index contributed by atoms with van der Waals surface area (Å²) in [7, 11) is 1.55. The predicted octanol–water partition coefficient (Wildman–Crippen LogP) is 3.52. The van der Waals surface area contributed by atoms with E-state index in [4.69, 9.17) is 16.3 Å². The van der Waals surface area contributed by atoms with Gasteiger partial charge in [0.2, 0.25) is 5.01 Å². The number of nitrogens with zero attached hydrogens (tertiary/aromatic N) is 2. The lowest BCUT2D eigenvalue weighted by Gasteiger charge is -2.08. The number of carbonyl (C=O) groups is 2. The van der Waals surface area contributed by atoms with Gasteiger partial charge in [0.15, 0.2) is 0 Å². The third-order valence-corrected chi connectivity index (χ3v) is 4.83. The van der Waals surface area contributed by atoms with E-state index < -0.39 is 5.91 Å². The van der Waals surface area contributed by atoms with Crippen LogP contribution in [-0.4, -0.2) is 29.1 Å². The Balaban J connectivity index is 1.61. The van der Waals surface area contributed by atoms with Crippen molar-refractivity contribution < 1.29 is 14.3 Å². The van der Waals surface area contributed by atoms with Crippen molar-refractivity contribution in [1.82, 2.24) is 15.5 Å². The summed E-state index contributed by atoms with van der Waals surface area (Å²) in [6.07, 6.45) is 0. The third kappa shape index (κ3) is 5.35. The fraction of sp³-hybridized carbons (Fsp3) is 0.158. The molecular formula is C19H17ClN4O3S. The molecule has 7 nitrogen and oxygen atoms in total. The minimum atomic E-state index is -0.390. The van der Waals surface area contributed by atoms with Crippen molar-refractivity contribution >= 4 is 40.4 Å². The summed E-state index contributed by atoms with van der Waals surface area (Å²) in [6, 6.07) is 13.9. The summed E-state index contributed by atoms with van der Waals surface area (Å²) in [4.78, 5) is 24.7. The highest BCUT2D eigenvalue weighted by Crippen LogP contribution is 2.16. The molecule has 2 amide bonds. The molecule has 1 heterocycles. The molecule has 0 radical (unpaired) electrons. The van der Waals surface area contributed by atoms with E-state index in [2.05, 4.69) is 20.8 Å². The summed E-state index contributed by atoms with van der Waals surface area (Å²) in [5, 5.41) is 14.8. The number of ether oxygens (including phenoxy) is 1. The molecule has 0 aliphatic carbocycles. The Morgan fingerprint density at radius 3 is 2.64 bits per heavy atom. The van der Waals surface area contributed by atoms with E-state index in [0.717, 1.165) is 16.9 Å². The molecule has 0 saturated heterocycles. The second-order valence-corrected chi connectivity index (χ2v) is 7.28. The molecule has 3 aromatic rings. The van der Waals surface area contributed by atoms with Crippen LogP contribution in [0.1, 0.15) is 30.7 Å². The van der Waals surface area contributed by atoms with Crippen LogP contribution in [0.3, 0.4) is 0 Å². The Morgan fingerprint density at radius 2 is 1.89 bits per heavy atom. The fourth-order valence-corrected chi connectivity index (χ4v) is 3.17. The quantitative estimate of drug-likeness (QED) is 0.614. The molecule has 2 N–H and O–H groups in total. The minimum absolute atomic E-state index is 0.227. The van der Waals surface area contributed by atoms with E-state index >= 15 is 0 Å². The number of methoxy groups -OCH3 is 1. The molecule has 0 atom stereocenters. The van der Waals surface area contributed by atoms with Gasteiger partial charge in [-0.05, 0) is 35.9 Å². The van der Waals surface area contributed by atoms with Crippen LogP contribution in [0.25, 0.3) is 0 Å². The number of nitrogens with one attached hydrogen (secondary N) is 2. The van der Waals surface area contributed by atoms with Crippen LogP contribution in [0.15, 0.2) is 48.5 Å². The van der Waals surface area contributed by atoms with Crippen LogP contribution in [0.4, 0.5) is 5.69 Å². The third-order valence-electron chi connectivity index (χ3n) is 3.68. The predicted molar refractivity (Wildman–Crippen MR) is 108 cm³/mol. The molecule has 0 spiro atoms. The van der Waals surface area contributed by atoms with Gasteiger partial charge >= 0.3 is 0 Å². The van der Waals surface area contributed by atoms with Gasteiger partial charge in [0.1, 0.15) is 5.01 Å². The molecule has 3 rings (SSSR count). The molecule has 0 unspecified atom stereocenters. The number of rotatable bonds is 7. The highest BCUT2D eigenvalue weighted by molar-refractivity contribution is 7.13. The van der Waals surface area contributed by atoms with Crippen LogP contribution >= 0.6 is 22.9 Å². The molecule has 28 heavy (non-hydrogen) atoms. The Hall–Kier alpha value is -2.81. The van der Waals surface area contributed by atoms with Gasteiger partial charge in [-0.15, -0.1) is 10.2 Å². The van der Waals surface area contributed by atoms with Crippen molar-refractivity contribution in [1.29, 1.82) is 0 Å². The van der Waals surface area contributed by atoms with Gasteiger partial charge in [-0.3, -0.25) is 9.59 Å². The molecular weight excluding hydrogens is 400 g/mol. The monoisotopic (exact) mass is 416 g/mol. The van der Waals surface area contributed by atoms with Crippen LogP contribution < -0.4 is 10.6 Å². The van der Waals surface area contributed by atoms with E-state index in [1.807, 2.05) is 12.1 Å². The normalized spacial score (nSPS) is 10.5. The molecule has 0 fully saturated rings. The van der Waals surface area contributed by atoms with Gasteiger partial charge in [-0.1, -0.05) is 41.1 Å². The maximum Gasteiger partial charge on any atom is 0.286 e. The molecule has 0 bridgehead atoms. The van der Waals surface area contributed by atoms with E-state index in [1.165, 1.54) is 0 Å². The molecule has 0 aliphatic heterocycles. The van der Waals surface area contributed by atoms with Crippen LogP contribution in [0.5, 0.6) is 0 Å². The highest BCUT2D eigenvalue weighted by atomic mass is 35.5. The molecule has 0 saturated carbocycles. The Bertz CT molecular complexity index is 975. The van der Waals surface area contributed by atoms with Gasteiger partial charge in [0, 0.05) is 29.9 Å². The number of halogens is 1. The standard InChI is InChI=1S/C19H17ClN4O3S/c1-27-11-16-23-24-19(28-16)18(26)22-15-4-2-3-13(9-15)17(25)21-10-12-5-7-14(20)8-6-12/h2-9H,10-11H2,1H3,(H,21,25)(H,22,26). The van der Waals surface area contributed by atoms with Crippen molar-refractivity contribution in [2.75, 3.05) is 12.4 Å². The summed E-state index contributed by atoms with van der Waals surface area (Å²) in [6.45, 7) is 0.674. The number of carbonyl (C=O) groups excluding carboxylic acids is 2. The molecule has 2 aromatic carbocycles. The first-order valence-electron chi connectivity index (χ1n) is 8.30. The largest absolute Gasteiger partial charge is 0.377 e. The minimum Gasteiger partial charge on any atom is -0.377 e. The van der Waals surface area contributed by atoms with Gasteiger partial charge in [0.05, 0.1) is 6.61 Å². The van der Waals surface area contributed by atoms with Gasteiger partial charge in [-0.2, -0.15) is 0 Å². The zero-order chi connectivity index (χ0) is 19.9. The average Bonchev–Trinajstić information content (AvgIpc) is 3.17. The summed E-state index contributed by atoms with van der Waals surface area (Å²) in [5.74, 6) is -0.636. The van der Waals surface area contributed by atoms with Crippen LogP contribution in [-0.2, 0) is 17.9 Å². The van der Waals surface area contributed by atoms with E-state index in [1.54, 1.807) is 43.5 Å². The van der Waals surface area contributed by atoms with Crippen LogP contribution in [0, 0.1) is 0 Å². The Morgan fingerprint density at radius 1 is 1.11 bits per heavy atom. The number of benzene rings is 2. The first-order chi connectivity index (χ1) is 13.5. The lowest BCUT2D eigenvalue weighted by atomic mass is 10.1. The maximum atomic E-state index is 12.4. The number of aromatic nitrogens is 2. The number of amides is 2. The SMILES string of the molecule is COCc1nnc(C(=O)Nc2cccc(C(=O)NCc3ccc(Cl)cc3)c2)s1. The Kier molecular flexibility index (Phi) is 6.70. The molecule has 0 aliphatic rings. The zero-order valence-electron chi connectivity index (χ0n) is 14.9. The van der Waals surface area contributed by atoms with Gasteiger partial charge in [-0.25, -0.2) is 0 Å². The first-order valence-corrected chi connectivity index (χ1v) is 9.50. The smallest absolute Gasteiger partial charge is 0.286 e. The summed E-state index contributed by atoms with van der Waals surface area (Å²) < 4.78 is 4.97. The van der Waals surface area contributed by atoms with E-state index in [-0.39, 0.29) is 10.9 Å². The topological polar surface area (TPSA) is 93.2 Å². The van der Waals surface area contributed by atoms with Crippen molar-refractivity contribution in [3.8, 4) is 0 Å². The van der Waals surface area contributed by atoms with Gasteiger partial charge in [0.25, 0.3) is 11.8 Å². The average molecular weight is 417 g/mol. The lowest BCUT2D eigenvalue weighted by molar-refractivity contribution is 0.0949. The molecule has 1 aromatic heterocycles. The van der Waals surface area contributed by atoms with Crippen molar-refractivity contribution in [3.63, 3.8) is 0 Å². The number of hydrogen-bond donors (Lipinski definition) is 2. The number of anilines is 1. The number of hydrogen-bond acceptors (Lipinski definition) is 6. The lowest BCUT2D eigenvalue weighted by Crippen LogP contribution is -2.23. The van der Waals surface area contributed by atoms with E-state index in [9.17, 15) is 9.59 Å². The summed E-state index contributed by atoms with van der Waals surface area (Å²) in [5.41, 5.74) is 1.86. The van der Waals surface area contributed by atoms with E-state index in [0.29, 0.717) is 34.4 Å². The second kappa shape index (κ2) is 9.41. The van der Waals surface area contributed by atoms with Crippen LogP contribution in [0.2, 0.25) is 5.02 Å². The molecule has 144 valence electrons. The van der Waals surface area contributed by atoms with Crippen molar-refractivity contribution in [3.05, 3.63) is 74.7 Å². The van der Waals surface area contributed by atoms with Crippen molar-refractivity contribution in [2.24, 2.45) is 0 Å². The molecule has 9 heteroatoms. The van der Waals surface area contributed by atoms with Gasteiger partial charge < -0.3 is 15.4 Å². The zero-order valence-corrected chi connectivity index (χ0v) is 16.5. The second-order valence-electron chi connectivity index (χ2n) is 5.78. The fourth-order valence-electron chi connectivity index (χ4n) is 2.34. The highest BCUT2D eigenvalue weighted by Gasteiger charge is 2.14. The Labute approximate surface area is 170 Å². The van der Waals surface area contributed by atoms with Crippen molar-refractivity contribution in [2.45, 2.75) is 13.2 Å². The maximum absolute atomic E-state index is 12.4.